The lowest BCUT2D eigenvalue weighted by atomic mass is 9.99. The monoisotopic (exact) mass is 1110 g/mol. The average Bonchev–Trinajstić information content (AvgIpc) is 4.09. The Kier molecular flexibility index (Phi) is 23.5. The summed E-state index contributed by atoms with van der Waals surface area (Å²) in [5.74, 6) is -8.18. The number of primary amides is 1. The van der Waals surface area contributed by atoms with Gasteiger partial charge in [0.25, 0.3) is 0 Å². The third-order valence-corrected chi connectivity index (χ3v) is 13.3. The van der Waals surface area contributed by atoms with Crippen LogP contribution in [0.1, 0.15) is 102 Å². The highest BCUT2D eigenvalue weighted by Gasteiger charge is 2.38. The van der Waals surface area contributed by atoms with Crippen LogP contribution in [-0.2, 0) is 67.2 Å². The van der Waals surface area contributed by atoms with E-state index in [0.29, 0.717) is 29.7 Å². The molecule has 1 aliphatic heterocycles. The zero-order chi connectivity index (χ0) is 58.4. The van der Waals surface area contributed by atoms with E-state index in [1.807, 2.05) is 25.1 Å². The van der Waals surface area contributed by atoms with Gasteiger partial charge in [-0.2, -0.15) is 0 Å². The molecular weight excluding hydrogens is 1030 g/mol. The standard InChI is InChI=1S/C54H76N16O10/c1-5-6-18-38(63-31(2)71)46(74)68-43-27-44(72)59-22-13-12-20-37(45(55)73)69-52(80)54(3,4)70-51(79)41(25-33-28-61-36-19-11-10-17-35(33)36)66-47(75)39(21-14-23-60-53(56)57)64-48(76)40(24-32-15-8-7-9-16-32)65-49(77)42(67-50(43)78)26-34-29-58-30-62-34/h7-11,15-17,19,28-30,37-43,61H,5-6,12-14,18,20-27H2,1-4H3,(H2,55,73)(H,58,62)(H,59,72)(H,63,71)(H,64,76)(H,65,77)(H,66,75)(H,67,78)(H,68,74)(H,69,80)(H,70,79)(H4,56,57,60)/t37-,38+,39+,40-,41-,42-,43-/m1/s1. The number of hydrogen-bond donors (Lipinski definition) is 14. The van der Waals surface area contributed by atoms with Crippen molar-refractivity contribution >= 4 is 75.9 Å². The first kappa shape index (κ1) is 62.0. The lowest BCUT2D eigenvalue weighted by Gasteiger charge is -2.30. The van der Waals surface area contributed by atoms with Crippen LogP contribution in [0.15, 0.2) is 78.3 Å². The number of imidazole rings is 1. The number of carbonyl (C=O) groups excluding carboxylic acids is 10. The number of aliphatic imine (C=N–C) groups is 1. The van der Waals surface area contributed by atoms with Crippen molar-refractivity contribution in [2.45, 2.75) is 153 Å². The molecule has 26 heteroatoms. The predicted molar refractivity (Wildman–Crippen MR) is 296 cm³/mol. The molecule has 3 heterocycles. The van der Waals surface area contributed by atoms with E-state index in [2.05, 4.69) is 67.8 Å². The molecule has 4 aromatic rings. The summed E-state index contributed by atoms with van der Waals surface area (Å²) >= 11 is 0. The fourth-order valence-electron chi connectivity index (χ4n) is 8.91. The number of aromatic nitrogens is 3. The smallest absolute Gasteiger partial charge is 0.245 e. The van der Waals surface area contributed by atoms with Crippen LogP contribution in [0.25, 0.3) is 10.9 Å². The quantitative estimate of drug-likeness (QED) is 0.0331. The summed E-state index contributed by atoms with van der Waals surface area (Å²) in [5.41, 5.74) is 17.6. The molecule has 0 aliphatic carbocycles. The minimum atomic E-state index is -1.71. The molecule has 0 bridgehead atoms. The van der Waals surface area contributed by atoms with Gasteiger partial charge in [0.05, 0.1) is 12.7 Å². The number of H-pyrrole nitrogens is 2. The number of guanidine groups is 1. The van der Waals surface area contributed by atoms with Gasteiger partial charge >= 0.3 is 0 Å². The Morgan fingerprint density at radius 2 is 1.41 bits per heavy atom. The van der Waals surface area contributed by atoms with Crippen molar-refractivity contribution < 1.29 is 47.9 Å². The minimum Gasteiger partial charge on any atom is -0.370 e. The SMILES string of the molecule is CCCC[C@H](NC(C)=O)C(=O)N[C@@H]1CC(=O)NCCCC[C@H](C(N)=O)NC(=O)C(C)(C)NC(=O)[C@@H](Cc2c[nH]c3ccccc23)NC(=O)[C@H](CCCN=C(N)N)NC(=O)[C@@H](Cc2ccccc2)NC(=O)[C@@H](Cc2cnc[nH]2)NC1=O. The summed E-state index contributed by atoms with van der Waals surface area (Å²) in [6.45, 7) is 5.99. The van der Waals surface area contributed by atoms with Gasteiger partial charge in [0, 0.05) is 68.3 Å². The lowest BCUT2D eigenvalue weighted by molar-refractivity contribution is -0.137. The molecule has 2 aromatic carbocycles. The van der Waals surface area contributed by atoms with E-state index in [1.165, 1.54) is 33.3 Å². The third kappa shape index (κ3) is 19.6. The first-order chi connectivity index (χ1) is 38.1. The number of benzene rings is 2. The van der Waals surface area contributed by atoms with Crippen molar-refractivity contribution in [3.63, 3.8) is 0 Å². The molecule has 0 spiro atoms. The van der Waals surface area contributed by atoms with Crippen molar-refractivity contribution in [2.75, 3.05) is 13.1 Å². The predicted octanol–water partition coefficient (Wildman–Crippen LogP) is -1.35. The molecule has 80 heavy (non-hydrogen) atoms. The molecule has 0 unspecified atom stereocenters. The number of para-hydroxylation sites is 1. The number of rotatable bonds is 17. The van der Waals surface area contributed by atoms with E-state index >= 15 is 0 Å². The van der Waals surface area contributed by atoms with Crippen LogP contribution >= 0.6 is 0 Å². The molecular formula is C54H76N16O10. The number of hydrogen-bond acceptors (Lipinski definition) is 12. The summed E-state index contributed by atoms with van der Waals surface area (Å²) in [6, 6.07) is 6.28. The van der Waals surface area contributed by atoms with Crippen LogP contribution in [0.5, 0.6) is 0 Å². The van der Waals surface area contributed by atoms with E-state index in [4.69, 9.17) is 17.2 Å². The highest BCUT2D eigenvalue weighted by Crippen LogP contribution is 2.20. The molecule has 7 atom stereocenters. The Morgan fingerprint density at radius 1 is 0.762 bits per heavy atom. The number of fused-ring (bicyclic) bond motifs is 1. The molecule has 1 fully saturated rings. The Morgan fingerprint density at radius 3 is 2.08 bits per heavy atom. The molecule has 26 nitrogen and oxygen atoms in total. The number of unbranched alkanes of at least 4 members (excludes halogenated alkanes) is 1. The molecule has 10 amide bonds. The number of carbonyl (C=O) groups is 10. The third-order valence-electron chi connectivity index (χ3n) is 13.3. The molecule has 5 rings (SSSR count). The van der Waals surface area contributed by atoms with Crippen molar-refractivity contribution in [3.05, 3.63) is 90.1 Å². The molecule has 432 valence electrons. The molecule has 0 radical (unpaired) electrons. The van der Waals surface area contributed by atoms with Gasteiger partial charge in [-0.3, -0.25) is 52.9 Å². The van der Waals surface area contributed by atoms with Gasteiger partial charge in [0.1, 0.15) is 47.8 Å². The maximum Gasteiger partial charge on any atom is 0.245 e. The molecule has 1 aliphatic rings. The van der Waals surface area contributed by atoms with Gasteiger partial charge in [-0.1, -0.05) is 68.3 Å². The zero-order valence-corrected chi connectivity index (χ0v) is 45.6. The Hall–Kier alpha value is -8.84. The van der Waals surface area contributed by atoms with Gasteiger partial charge in [-0.05, 0) is 69.6 Å². The zero-order valence-electron chi connectivity index (χ0n) is 45.6. The molecule has 2 aromatic heterocycles. The average molecular weight is 1110 g/mol. The van der Waals surface area contributed by atoms with Gasteiger partial charge in [0.15, 0.2) is 5.96 Å². The first-order valence-electron chi connectivity index (χ1n) is 26.7. The van der Waals surface area contributed by atoms with Crippen LogP contribution in [0.4, 0.5) is 0 Å². The van der Waals surface area contributed by atoms with Crippen LogP contribution in [0.2, 0.25) is 0 Å². The summed E-state index contributed by atoms with van der Waals surface area (Å²) < 4.78 is 0. The topological polar surface area (TPSA) is 414 Å². The van der Waals surface area contributed by atoms with Gasteiger partial charge in [0.2, 0.25) is 59.1 Å². The summed E-state index contributed by atoms with van der Waals surface area (Å²) in [7, 11) is 0. The highest BCUT2D eigenvalue weighted by molar-refractivity contribution is 6.00. The largest absolute Gasteiger partial charge is 0.370 e. The normalized spacial score (nSPS) is 21.7. The molecule has 1 saturated heterocycles. The van der Waals surface area contributed by atoms with E-state index in [1.54, 1.807) is 42.6 Å². The van der Waals surface area contributed by atoms with Gasteiger partial charge in [-0.15, -0.1) is 0 Å². The minimum absolute atomic E-state index is 0.0174. The van der Waals surface area contributed by atoms with Crippen molar-refractivity contribution in [1.29, 1.82) is 0 Å². The fraction of sp³-hybridized carbons (Fsp3) is 0.481. The lowest BCUT2D eigenvalue weighted by Crippen LogP contribution is -2.63. The number of nitrogens with zero attached hydrogens (tertiary/aromatic N) is 2. The second-order valence-electron chi connectivity index (χ2n) is 20.3. The summed E-state index contributed by atoms with van der Waals surface area (Å²) in [5, 5.41) is 24.9. The van der Waals surface area contributed by atoms with E-state index < -0.39 is 113 Å². The summed E-state index contributed by atoms with van der Waals surface area (Å²) in [6.07, 6.45) is 5.33. The second kappa shape index (κ2) is 30.3. The van der Waals surface area contributed by atoms with Crippen molar-refractivity contribution in [1.82, 2.24) is 62.8 Å². The van der Waals surface area contributed by atoms with E-state index in [0.717, 1.165) is 10.9 Å². The number of nitrogens with one attached hydrogen (secondary N) is 11. The molecule has 0 saturated carbocycles. The Balaban J connectivity index is 1.58. The van der Waals surface area contributed by atoms with Crippen LogP contribution in [0, 0.1) is 0 Å². The second-order valence-corrected chi connectivity index (χ2v) is 20.3. The first-order valence-corrected chi connectivity index (χ1v) is 26.7. The van der Waals surface area contributed by atoms with Crippen molar-refractivity contribution in [2.24, 2.45) is 22.2 Å². The van der Waals surface area contributed by atoms with Gasteiger partial charge < -0.3 is 75.0 Å². The van der Waals surface area contributed by atoms with Crippen LogP contribution < -0.4 is 65.1 Å². The van der Waals surface area contributed by atoms with Crippen molar-refractivity contribution in [3.8, 4) is 0 Å². The van der Waals surface area contributed by atoms with Gasteiger partial charge in [-0.25, -0.2) is 4.98 Å². The van der Waals surface area contributed by atoms with Crippen LogP contribution in [-0.4, -0.2) is 141 Å². The number of aromatic amines is 2. The maximum absolute atomic E-state index is 14.8. The maximum atomic E-state index is 14.8. The Bertz CT molecular complexity index is 2820. The highest BCUT2D eigenvalue weighted by atomic mass is 16.2. The van der Waals surface area contributed by atoms with E-state index in [9.17, 15) is 47.9 Å². The molecule has 17 N–H and O–H groups in total. The Labute approximate surface area is 463 Å². The van der Waals surface area contributed by atoms with Crippen LogP contribution in [0.3, 0.4) is 0 Å². The number of nitrogens with two attached hydrogens (primary N) is 3. The van der Waals surface area contributed by atoms with E-state index in [-0.39, 0.29) is 76.8 Å². The number of amides is 10. The fourth-order valence-corrected chi connectivity index (χ4v) is 8.91. The summed E-state index contributed by atoms with van der Waals surface area (Å²) in [4.78, 5) is 154.